The van der Waals surface area contributed by atoms with Crippen molar-refractivity contribution in [3.05, 3.63) is 0 Å². The number of carbonyl (C=O) groups excluding carboxylic acids is 2. The summed E-state index contributed by atoms with van der Waals surface area (Å²) in [6, 6.07) is 0.00811. The molecule has 0 atom stereocenters. The van der Waals surface area contributed by atoms with E-state index < -0.39 is 0 Å². The Labute approximate surface area is 97.1 Å². The van der Waals surface area contributed by atoms with Crippen molar-refractivity contribution < 1.29 is 14.3 Å². The van der Waals surface area contributed by atoms with Crippen molar-refractivity contribution in [2.75, 3.05) is 26.7 Å². The molecule has 5 nitrogen and oxygen atoms in total. The molecule has 0 aromatic carbocycles. The van der Waals surface area contributed by atoms with E-state index in [1.165, 1.54) is 4.90 Å². The van der Waals surface area contributed by atoms with E-state index in [0.29, 0.717) is 19.6 Å². The van der Waals surface area contributed by atoms with Crippen LogP contribution in [0, 0.1) is 0 Å². The van der Waals surface area contributed by atoms with E-state index in [1.54, 1.807) is 14.0 Å². The number of esters is 1. The smallest absolute Gasteiger partial charge is 0.325 e. The summed E-state index contributed by atoms with van der Waals surface area (Å²) in [5.74, 6) is -0.383. The highest BCUT2D eigenvalue weighted by Crippen LogP contribution is 2.02. The Balaban J connectivity index is 4.26. The normalized spacial score (nSPS) is 10.3. The molecule has 0 aromatic heterocycles. The molecule has 16 heavy (non-hydrogen) atoms. The van der Waals surface area contributed by atoms with Crippen LogP contribution in [0.4, 0.5) is 0 Å². The summed E-state index contributed by atoms with van der Waals surface area (Å²) in [6.45, 7) is 6.52. The average molecular weight is 230 g/mol. The summed E-state index contributed by atoms with van der Waals surface area (Å²) >= 11 is 0. The number of nitrogens with one attached hydrogen (secondary N) is 1. The van der Waals surface area contributed by atoms with Gasteiger partial charge in [0.2, 0.25) is 5.91 Å². The van der Waals surface area contributed by atoms with E-state index in [4.69, 9.17) is 4.74 Å². The van der Waals surface area contributed by atoms with Crippen LogP contribution in [0.2, 0.25) is 0 Å². The predicted molar refractivity (Wildman–Crippen MR) is 62.0 cm³/mol. The molecule has 0 fully saturated rings. The van der Waals surface area contributed by atoms with Crippen LogP contribution in [-0.4, -0.2) is 49.6 Å². The topological polar surface area (TPSA) is 58.6 Å². The second-order valence-electron chi connectivity index (χ2n) is 3.77. The van der Waals surface area contributed by atoms with Gasteiger partial charge in [-0.05, 0) is 27.8 Å². The molecule has 0 aliphatic carbocycles. The van der Waals surface area contributed by atoms with Crippen LogP contribution in [0.15, 0.2) is 0 Å². The van der Waals surface area contributed by atoms with Crippen molar-refractivity contribution in [2.45, 2.75) is 33.2 Å². The van der Waals surface area contributed by atoms with Crippen molar-refractivity contribution >= 4 is 11.9 Å². The van der Waals surface area contributed by atoms with Gasteiger partial charge in [-0.1, -0.05) is 0 Å². The molecule has 0 heterocycles. The van der Waals surface area contributed by atoms with Gasteiger partial charge >= 0.3 is 5.97 Å². The maximum absolute atomic E-state index is 11.8. The average Bonchev–Trinajstić information content (AvgIpc) is 2.22. The van der Waals surface area contributed by atoms with E-state index in [-0.39, 0.29) is 24.5 Å². The lowest BCUT2D eigenvalue weighted by atomic mass is 10.2. The third kappa shape index (κ3) is 5.70. The highest BCUT2D eigenvalue weighted by atomic mass is 16.5. The van der Waals surface area contributed by atoms with Crippen LogP contribution < -0.4 is 5.32 Å². The number of ether oxygens (including phenoxy) is 1. The second kappa shape index (κ2) is 8.10. The lowest BCUT2D eigenvalue weighted by molar-refractivity contribution is -0.150. The van der Waals surface area contributed by atoms with Gasteiger partial charge in [0, 0.05) is 19.0 Å². The predicted octanol–water partition coefficient (Wildman–Crippen LogP) is 0.396. The van der Waals surface area contributed by atoms with Gasteiger partial charge in [-0.15, -0.1) is 0 Å². The molecule has 0 unspecified atom stereocenters. The molecule has 94 valence electrons. The Kier molecular flexibility index (Phi) is 7.54. The SMILES string of the molecule is CCOC(=O)CN(C(=O)CCNC)C(C)C. The quantitative estimate of drug-likeness (QED) is 0.643. The number of amides is 1. The summed E-state index contributed by atoms with van der Waals surface area (Å²) < 4.78 is 4.83. The highest BCUT2D eigenvalue weighted by Gasteiger charge is 2.19. The van der Waals surface area contributed by atoms with Crippen molar-refractivity contribution in [1.29, 1.82) is 0 Å². The van der Waals surface area contributed by atoms with Crippen molar-refractivity contribution in [1.82, 2.24) is 10.2 Å². The minimum atomic E-state index is -0.353. The van der Waals surface area contributed by atoms with Crippen molar-refractivity contribution in [2.24, 2.45) is 0 Å². The van der Waals surface area contributed by atoms with Gasteiger partial charge in [0.15, 0.2) is 0 Å². The minimum absolute atomic E-state index is 0.00811. The Morgan fingerprint density at radius 2 is 2.00 bits per heavy atom. The monoisotopic (exact) mass is 230 g/mol. The first-order valence-electron chi connectivity index (χ1n) is 5.62. The van der Waals surface area contributed by atoms with Crippen molar-refractivity contribution in [3.63, 3.8) is 0 Å². The lowest BCUT2D eigenvalue weighted by Gasteiger charge is -2.25. The zero-order valence-corrected chi connectivity index (χ0v) is 10.6. The fourth-order valence-corrected chi connectivity index (χ4v) is 1.28. The fourth-order valence-electron chi connectivity index (χ4n) is 1.28. The molecule has 0 aromatic rings. The first-order chi connectivity index (χ1) is 7.52. The molecular weight excluding hydrogens is 208 g/mol. The summed E-state index contributed by atoms with van der Waals surface area (Å²) in [4.78, 5) is 24.6. The Bertz CT molecular complexity index is 229. The number of hydrogen-bond donors (Lipinski definition) is 1. The van der Waals surface area contributed by atoms with Gasteiger partial charge in [-0.2, -0.15) is 0 Å². The second-order valence-corrected chi connectivity index (χ2v) is 3.77. The van der Waals surface area contributed by atoms with Gasteiger partial charge in [0.05, 0.1) is 6.61 Å². The Hall–Kier alpha value is -1.10. The molecule has 0 aliphatic heterocycles. The number of carbonyl (C=O) groups is 2. The van der Waals surface area contributed by atoms with E-state index in [1.807, 2.05) is 13.8 Å². The van der Waals surface area contributed by atoms with E-state index in [9.17, 15) is 9.59 Å². The van der Waals surface area contributed by atoms with Crippen LogP contribution in [0.3, 0.4) is 0 Å². The largest absolute Gasteiger partial charge is 0.465 e. The molecule has 0 radical (unpaired) electrons. The highest BCUT2D eigenvalue weighted by molar-refractivity contribution is 5.82. The van der Waals surface area contributed by atoms with Gasteiger partial charge in [-0.25, -0.2) is 0 Å². The van der Waals surface area contributed by atoms with Gasteiger partial charge < -0.3 is 15.0 Å². The zero-order valence-electron chi connectivity index (χ0n) is 10.6. The fraction of sp³-hybridized carbons (Fsp3) is 0.818. The number of hydrogen-bond acceptors (Lipinski definition) is 4. The summed E-state index contributed by atoms with van der Waals surface area (Å²) in [6.07, 6.45) is 0.397. The third-order valence-corrected chi connectivity index (χ3v) is 2.14. The number of nitrogens with zero attached hydrogens (tertiary/aromatic N) is 1. The Morgan fingerprint density at radius 1 is 1.38 bits per heavy atom. The summed E-state index contributed by atoms with van der Waals surface area (Å²) in [7, 11) is 1.79. The summed E-state index contributed by atoms with van der Waals surface area (Å²) in [5, 5.41) is 2.91. The number of rotatable bonds is 7. The maximum atomic E-state index is 11.8. The van der Waals surface area contributed by atoms with E-state index in [0.717, 1.165) is 0 Å². The lowest BCUT2D eigenvalue weighted by Crippen LogP contribution is -2.42. The molecule has 0 aliphatic rings. The first-order valence-corrected chi connectivity index (χ1v) is 5.62. The molecule has 5 heteroatoms. The molecule has 0 spiro atoms. The van der Waals surface area contributed by atoms with Crippen LogP contribution in [0.1, 0.15) is 27.2 Å². The molecule has 0 bridgehead atoms. The van der Waals surface area contributed by atoms with Gasteiger partial charge in [-0.3, -0.25) is 9.59 Å². The molecule has 0 saturated heterocycles. The van der Waals surface area contributed by atoms with Crippen LogP contribution in [0.25, 0.3) is 0 Å². The van der Waals surface area contributed by atoms with E-state index >= 15 is 0 Å². The van der Waals surface area contributed by atoms with Crippen LogP contribution >= 0.6 is 0 Å². The van der Waals surface area contributed by atoms with Gasteiger partial charge in [0.1, 0.15) is 6.54 Å². The minimum Gasteiger partial charge on any atom is -0.465 e. The van der Waals surface area contributed by atoms with Crippen molar-refractivity contribution in [3.8, 4) is 0 Å². The first kappa shape index (κ1) is 14.9. The van der Waals surface area contributed by atoms with Gasteiger partial charge in [0.25, 0.3) is 0 Å². The van der Waals surface area contributed by atoms with Crippen LogP contribution in [-0.2, 0) is 14.3 Å². The third-order valence-electron chi connectivity index (χ3n) is 2.14. The molecule has 0 saturated carbocycles. The van der Waals surface area contributed by atoms with Crippen LogP contribution in [0.5, 0.6) is 0 Å². The molecule has 1 N–H and O–H groups in total. The molecule has 1 amide bonds. The maximum Gasteiger partial charge on any atom is 0.325 e. The summed E-state index contributed by atoms with van der Waals surface area (Å²) in [5.41, 5.74) is 0. The molecule has 0 rings (SSSR count). The zero-order chi connectivity index (χ0) is 12.6. The molecular formula is C11H22N2O3. The van der Waals surface area contributed by atoms with E-state index in [2.05, 4.69) is 5.32 Å². The standard InChI is InChI=1S/C11H22N2O3/c1-5-16-11(15)8-13(9(2)3)10(14)6-7-12-4/h9,12H,5-8H2,1-4H3. The Morgan fingerprint density at radius 3 is 2.44 bits per heavy atom.